The monoisotopic (exact) mass is 355 g/mol. The van der Waals surface area contributed by atoms with Crippen LogP contribution < -0.4 is 14.2 Å². The molecule has 2 aliphatic rings. The maximum absolute atomic E-state index is 10.3. The molecule has 26 heavy (non-hydrogen) atoms. The van der Waals surface area contributed by atoms with Crippen LogP contribution in [-0.2, 0) is 19.4 Å². The molecular formula is C21H25NO4. The van der Waals surface area contributed by atoms with Crippen LogP contribution in [-0.4, -0.2) is 37.9 Å². The summed E-state index contributed by atoms with van der Waals surface area (Å²) < 4.78 is 16.4. The first-order valence-electron chi connectivity index (χ1n) is 8.94. The normalized spacial score (nSPS) is 18.5. The van der Waals surface area contributed by atoms with Crippen LogP contribution in [0.25, 0.3) is 0 Å². The van der Waals surface area contributed by atoms with Gasteiger partial charge in [0, 0.05) is 19.1 Å². The Morgan fingerprint density at radius 2 is 1.73 bits per heavy atom. The topological polar surface area (TPSA) is 51.2 Å². The van der Waals surface area contributed by atoms with Crippen LogP contribution in [0, 0.1) is 6.92 Å². The van der Waals surface area contributed by atoms with Crippen molar-refractivity contribution >= 4 is 0 Å². The van der Waals surface area contributed by atoms with E-state index in [2.05, 4.69) is 17.0 Å². The predicted molar refractivity (Wildman–Crippen MR) is 99.5 cm³/mol. The molecule has 0 radical (unpaired) electrons. The van der Waals surface area contributed by atoms with Crippen molar-refractivity contribution in [2.24, 2.45) is 0 Å². The number of aromatic hydroxyl groups is 1. The van der Waals surface area contributed by atoms with Gasteiger partial charge < -0.3 is 19.3 Å². The molecule has 2 heterocycles. The summed E-state index contributed by atoms with van der Waals surface area (Å²) in [5.41, 5.74) is 6.14. The first-order chi connectivity index (χ1) is 12.6. The Kier molecular flexibility index (Phi) is 4.19. The van der Waals surface area contributed by atoms with Gasteiger partial charge in [0.2, 0.25) is 0 Å². The van der Waals surface area contributed by atoms with Gasteiger partial charge in [0.05, 0.1) is 21.3 Å². The molecule has 1 N–H and O–H groups in total. The van der Waals surface area contributed by atoms with Gasteiger partial charge in [0.1, 0.15) is 0 Å². The van der Waals surface area contributed by atoms with Gasteiger partial charge in [-0.05, 0) is 65.8 Å². The third-order valence-corrected chi connectivity index (χ3v) is 5.82. The summed E-state index contributed by atoms with van der Waals surface area (Å²) in [7, 11) is 4.96. The molecule has 1 unspecified atom stereocenters. The molecule has 0 aliphatic carbocycles. The first kappa shape index (κ1) is 17.0. The minimum Gasteiger partial charge on any atom is -0.504 e. The molecule has 0 fully saturated rings. The SMILES string of the molecule is COc1cc2c(cc1OC)C1Cc3cc(O)c(OC)c(C)c3CN1CC2. The van der Waals surface area contributed by atoms with Gasteiger partial charge in [-0.1, -0.05) is 0 Å². The molecular weight excluding hydrogens is 330 g/mol. The number of methoxy groups -OCH3 is 3. The number of benzene rings is 2. The maximum Gasteiger partial charge on any atom is 0.163 e. The highest BCUT2D eigenvalue weighted by atomic mass is 16.5. The van der Waals surface area contributed by atoms with Gasteiger partial charge in [-0.15, -0.1) is 0 Å². The minimum atomic E-state index is 0.223. The molecule has 0 bridgehead atoms. The number of phenols is 1. The summed E-state index contributed by atoms with van der Waals surface area (Å²) in [5, 5.41) is 10.3. The van der Waals surface area contributed by atoms with Crippen LogP contribution in [0.15, 0.2) is 18.2 Å². The predicted octanol–water partition coefficient (Wildman–Crippen LogP) is 3.38. The lowest BCUT2D eigenvalue weighted by molar-refractivity contribution is 0.159. The van der Waals surface area contributed by atoms with Crippen molar-refractivity contribution in [3.63, 3.8) is 0 Å². The number of phenolic OH excluding ortho intramolecular Hbond substituents is 1. The van der Waals surface area contributed by atoms with E-state index in [1.54, 1.807) is 21.3 Å². The number of hydrogen-bond donors (Lipinski definition) is 1. The highest BCUT2D eigenvalue weighted by Crippen LogP contribution is 2.45. The minimum absolute atomic E-state index is 0.223. The van der Waals surface area contributed by atoms with Gasteiger partial charge in [-0.25, -0.2) is 0 Å². The smallest absolute Gasteiger partial charge is 0.163 e. The van der Waals surface area contributed by atoms with Gasteiger partial charge in [0.25, 0.3) is 0 Å². The molecule has 5 nitrogen and oxygen atoms in total. The molecule has 0 saturated carbocycles. The van der Waals surface area contributed by atoms with E-state index in [0.29, 0.717) is 11.8 Å². The fourth-order valence-corrected chi connectivity index (χ4v) is 4.47. The molecule has 0 spiro atoms. The Balaban J connectivity index is 1.78. The molecule has 2 aliphatic heterocycles. The number of nitrogens with zero attached hydrogens (tertiary/aromatic N) is 1. The van der Waals surface area contributed by atoms with Crippen molar-refractivity contribution in [3.8, 4) is 23.0 Å². The van der Waals surface area contributed by atoms with E-state index in [1.165, 1.54) is 22.3 Å². The van der Waals surface area contributed by atoms with Crippen LogP contribution in [0.5, 0.6) is 23.0 Å². The standard InChI is InChI=1S/C21H25NO4/c1-12-16-11-22-6-5-13-9-19(24-2)20(25-3)10-15(13)17(22)7-14(16)8-18(23)21(12)26-4/h8-10,17,23H,5-7,11H2,1-4H3. The Bertz CT molecular complexity index is 862. The van der Waals surface area contributed by atoms with Crippen LogP contribution in [0.3, 0.4) is 0 Å². The van der Waals surface area contributed by atoms with Gasteiger partial charge in [-0.2, -0.15) is 0 Å². The van der Waals surface area contributed by atoms with E-state index in [0.717, 1.165) is 43.0 Å². The number of ether oxygens (including phenoxy) is 3. The highest BCUT2D eigenvalue weighted by Gasteiger charge is 2.34. The van der Waals surface area contributed by atoms with E-state index < -0.39 is 0 Å². The molecule has 0 saturated heterocycles. The molecule has 5 heteroatoms. The molecule has 0 aromatic heterocycles. The van der Waals surface area contributed by atoms with Crippen LogP contribution in [0.2, 0.25) is 0 Å². The summed E-state index contributed by atoms with van der Waals surface area (Å²) in [6.07, 6.45) is 1.87. The van der Waals surface area contributed by atoms with E-state index in [1.807, 2.05) is 13.0 Å². The zero-order chi connectivity index (χ0) is 18.4. The fraction of sp³-hybridized carbons (Fsp3) is 0.429. The zero-order valence-corrected chi connectivity index (χ0v) is 15.8. The third kappa shape index (κ3) is 2.50. The van der Waals surface area contributed by atoms with Gasteiger partial charge in [0.15, 0.2) is 23.0 Å². The van der Waals surface area contributed by atoms with Crippen molar-refractivity contribution in [3.05, 3.63) is 46.0 Å². The first-order valence-corrected chi connectivity index (χ1v) is 8.94. The van der Waals surface area contributed by atoms with Crippen molar-refractivity contribution in [1.82, 2.24) is 4.90 Å². The van der Waals surface area contributed by atoms with E-state index >= 15 is 0 Å². The lowest BCUT2D eigenvalue weighted by Crippen LogP contribution is -2.39. The van der Waals surface area contributed by atoms with Crippen LogP contribution in [0.4, 0.5) is 0 Å². The van der Waals surface area contributed by atoms with Gasteiger partial charge in [-0.3, -0.25) is 4.90 Å². The van der Waals surface area contributed by atoms with Crippen molar-refractivity contribution in [2.75, 3.05) is 27.9 Å². The maximum atomic E-state index is 10.3. The lowest BCUT2D eigenvalue weighted by atomic mass is 9.82. The van der Waals surface area contributed by atoms with E-state index in [-0.39, 0.29) is 5.75 Å². The Hall–Kier alpha value is -2.40. The molecule has 2 aromatic rings. The molecule has 138 valence electrons. The van der Waals surface area contributed by atoms with Crippen molar-refractivity contribution < 1.29 is 19.3 Å². The van der Waals surface area contributed by atoms with E-state index in [4.69, 9.17) is 14.2 Å². The second-order valence-corrected chi connectivity index (χ2v) is 7.04. The summed E-state index contributed by atoms with van der Waals surface area (Å²) >= 11 is 0. The van der Waals surface area contributed by atoms with Crippen LogP contribution >= 0.6 is 0 Å². The largest absolute Gasteiger partial charge is 0.504 e. The lowest BCUT2D eigenvalue weighted by Gasteiger charge is -2.42. The number of hydrogen-bond acceptors (Lipinski definition) is 5. The molecule has 2 aromatic carbocycles. The summed E-state index contributed by atoms with van der Waals surface area (Å²) in [4.78, 5) is 2.51. The number of fused-ring (bicyclic) bond motifs is 4. The van der Waals surface area contributed by atoms with Crippen molar-refractivity contribution in [2.45, 2.75) is 32.4 Å². The molecule has 0 amide bonds. The molecule has 1 atom stereocenters. The number of rotatable bonds is 3. The summed E-state index contributed by atoms with van der Waals surface area (Å²) in [6.45, 7) is 3.91. The zero-order valence-electron chi connectivity index (χ0n) is 15.8. The van der Waals surface area contributed by atoms with E-state index in [9.17, 15) is 5.11 Å². The highest BCUT2D eigenvalue weighted by molar-refractivity contribution is 5.56. The Morgan fingerprint density at radius 3 is 2.42 bits per heavy atom. The quantitative estimate of drug-likeness (QED) is 0.915. The Labute approximate surface area is 154 Å². The third-order valence-electron chi connectivity index (χ3n) is 5.82. The second-order valence-electron chi connectivity index (χ2n) is 7.04. The summed E-state index contributed by atoms with van der Waals surface area (Å²) in [5.74, 6) is 2.37. The van der Waals surface area contributed by atoms with Crippen LogP contribution in [0.1, 0.15) is 33.9 Å². The second kappa shape index (κ2) is 6.40. The average molecular weight is 355 g/mol. The molecule has 4 rings (SSSR count). The fourth-order valence-electron chi connectivity index (χ4n) is 4.47. The average Bonchev–Trinajstić information content (AvgIpc) is 2.66. The summed E-state index contributed by atoms with van der Waals surface area (Å²) in [6, 6.07) is 6.38. The van der Waals surface area contributed by atoms with Gasteiger partial charge >= 0.3 is 0 Å². The Morgan fingerprint density at radius 1 is 1.00 bits per heavy atom. The van der Waals surface area contributed by atoms with Crippen molar-refractivity contribution in [1.29, 1.82) is 0 Å².